The summed E-state index contributed by atoms with van der Waals surface area (Å²) in [6, 6.07) is 7.34. The Balaban J connectivity index is 1.94. The largest absolute Gasteiger partial charge is 0.494 e. The molecule has 8 heteroatoms. The number of nitrogens with zero attached hydrogens (tertiary/aromatic N) is 2. The van der Waals surface area contributed by atoms with Gasteiger partial charge in [0.1, 0.15) is 10.6 Å². The predicted octanol–water partition coefficient (Wildman–Crippen LogP) is 3.15. The van der Waals surface area contributed by atoms with E-state index in [2.05, 4.69) is 4.72 Å². The molecule has 0 spiro atoms. The summed E-state index contributed by atoms with van der Waals surface area (Å²) in [5, 5.41) is 0. The number of carbonyl (C=O) groups is 1. The molecule has 0 radical (unpaired) electrons. The van der Waals surface area contributed by atoms with Gasteiger partial charge in [0.15, 0.2) is 0 Å². The van der Waals surface area contributed by atoms with E-state index in [-0.39, 0.29) is 22.9 Å². The molecular weight excluding hydrogens is 402 g/mol. The van der Waals surface area contributed by atoms with Crippen LogP contribution in [0.25, 0.3) is 0 Å². The van der Waals surface area contributed by atoms with Gasteiger partial charge in [-0.25, -0.2) is 13.1 Å². The van der Waals surface area contributed by atoms with Crippen LogP contribution >= 0.6 is 0 Å². The minimum atomic E-state index is -3.91. The van der Waals surface area contributed by atoms with Crippen molar-refractivity contribution in [1.82, 2.24) is 14.2 Å². The molecule has 1 N–H and O–H groups in total. The second kappa shape index (κ2) is 9.22. The first-order chi connectivity index (χ1) is 14.3. The summed E-state index contributed by atoms with van der Waals surface area (Å²) in [6.45, 7) is 7.34. The number of sulfonamides is 1. The maximum absolute atomic E-state index is 13.3. The molecule has 1 amide bonds. The predicted molar refractivity (Wildman–Crippen MR) is 116 cm³/mol. The molecule has 2 aromatic rings. The van der Waals surface area contributed by atoms with Crippen LogP contribution < -0.4 is 9.46 Å². The number of para-hydroxylation sites is 1. The molecule has 0 saturated carbocycles. The molecule has 1 aliphatic rings. The van der Waals surface area contributed by atoms with Crippen molar-refractivity contribution in [2.45, 2.75) is 51.5 Å². The minimum Gasteiger partial charge on any atom is -0.494 e. The molecule has 0 atom stereocenters. The van der Waals surface area contributed by atoms with Crippen LogP contribution in [-0.2, 0) is 23.6 Å². The van der Waals surface area contributed by atoms with Crippen molar-refractivity contribution >= 4 is 15.9 Å². The van der Waals surface area contributed by atoms with E-state index in [9.17, 15) is 13.2 Å². The minimum absolute atomic E-state index is 0.0759. The molecule has 1 fully saturated rings. The Morgan fingerprint density at radius 1 is 1.10 bits per heavy atom. The zero-order chi connectivity index (χ0) is 21.9. The molecule has 1 aromatic carbocycles. The highest BCUT2D eigenvalue weighted by Crippen LogP contribution is 2.29. The number of carbonyl (C=O) groups excluding carboxylic acids is 1. The normalized spacial score (nSPS) is 14.7. The fraction of sp³-hybridized carbons (Fsp3) is 0.500. The Morgan fingerprint density at radius 3 is 2.43 bits per heavy atom. The zero-order valence-electron chi connectivity index (χ0n) is 18.2. The van der Waals surface area contributed by atoms with E-state index >= 15 is 0 Å². The monoisotopic (exact) mass is 433 g/mol. The number of hydrogen-bond acceptors (Lipinski definition) is 4. The zero-order valence-corrected chi connectivity index (χ0v) is 19.0. The third-order valence-corrected chi connectivity index (χ3v) is 7.34. The van der Waals surface area contributed by atoms with Gasteiger partial charge in [-0.2, -0.15) is 0 Å². The molecule has 0 aliphatic carbocycles. The van der Waals surface area contributed by atoms with Gasteiger partial charge in [-0.3, -0.25) is 4.79 Å². The summed E-state index contributed by atoms with van der Waals surface area (Å²) < 4.78 is 36.7. The summed E-state index contributed by atoms with van der Waals surface area (Å²) in [7, 11) is -2.12. The second-order valence-corrected chi connectivity index (χ2v) is 9.36. The number of ether oxygens (including phenoxy) is 1. The van der Waals surface area contributed by atoms with Crippen molar-refractivity contribution in [3.8, 4) is 5.75 Å². The third kappa shape index (κ3) is 4.39. The molecule has 3 rings (SSSR count). The fourth-order valence-corrected chi connectivity index (χ4v) is 5.46. The van der Waals surface area contributed by atoms with Gasteiger partial charge in [0.2, 0.25) is 10.0 Å². The van der Waals surface area contributed by atoms with Gasteiger partial charge in [0, 0.05) is 43.6 Å². The first kappa shape index (κ1) is 22.4. The van der Waals surface area contributed by atoms with E-state index in [0.717, 1.165) is 24.8 Å². The Morgan fingerprint density at radius 2 is 1.77 bits per heavy atom. The maximum Gasteiger partial charge on any atom is 0.257 e. The van der Waals surface area contributed by atoms with Gasteiger partial charge in [-0.1, -0.05) is 18.2 Å². The lowest BCUT2D eigenvalue weighted by Gasteiger charge is -2.27. The molecule has 1 aliphatic heterocycles. The second-order valence-electron chi connectivity index (χ2n) is 7.65. The average molecular weight is 434 g/mol. The summed E-state index contributed by atoms with van der Waals surface area (Å²) in [5.74, 6) is 0.444. The van der Waals surface area contributed by atoms with Crippen molar-refractivity contribution in [1.29, 1.82) is 0 Å². The molecule has 1 aromatic heterocycles. The van der Waals surface area contributed by atoms with Crippen molar-refractivity contribution in [2.75, 3.05) is 19.7 Å². The maximum atomic E-state index is 13.3. The summed E-state index contributed by atoms with van der Waals surface area (Å²) in [5.41, 5.74) is 2.25. The lowest BCUT2D eigenvalue weighted by atomic mass is 10.1. The van der Waals surface area contributed by atoms with Gasteiger partial charge in [0.05, 0.1) is 12.2 Å². The molecule has 0 unspecified atom stereocenters. The van der Waals surface area contributed by atoms with E-state index in [0.29, 0.717) is 36.8 Å². The van der Waals surface area contributed by atoms with E-state index in [1.807, 2.05) is 31.2 Å². The summed E-state index contributed by atoms with van der Waals surface area (Å²) >= 11 is 0. The van der Waals surface area contributed by atoms with Gasteiger partial charge in [-0.05, 0) is 46.1 Å². The number of hydrogen-bond donors (Lipinski definition) is 1. The highest BCUT2D eigenvalue weighted by atomic mass is 32.2. The fourth-order valence-electron chi connectivity index (χ4n) is 3.94. The lowest BCUT2D eigenvalue weighted by molar-refractivity contribution is 0.0719. The third-order valence-electron chi connectivity index (χ3n) is 5.77. The van der Waals surface area contributed by atoms with E-state index in [4.69, 9.17) is 4.74 Å². The smallest absolute Gasteiger partial charge is 0.257 e. The van der Waals surface area contributed by atoms with Crippen LogP contribution in [0.2, 0.25) is 0 Å². The van der Waals surface area contributed by atoms with Gasteiger partial charge in [-0.15, -0.1) is 0 Å². The number of piperidine rings is 1. The number of aromatic nitrogens is 1. The van der Waals surface area contributed by atoms with Crippen molar-refractivity contribution in [3.63, 3.8) is 0 Å². The van der Waals surface area contributed by atoms with E-state index in [1.54, 1.807) is 30.4 Å². The highest BCUT2D eigenvalue weighted by Gasteiger charge is 2.33. The van der Waals surface area contributed by atoms with Crippen molar-refractivity contribution < 1.29 is 17.9 Å². The highest BCUT2D eigenvalue weighted by molar-refractivity contribution is 7.89. The van der Waals surface area contributed by atoms with Crippen LogP contribution in [0, 0.1) is 13.8 Å². The number of benzene rings is 1. The first-order valence-electron chi connectivity index (χ1n) is 10.4. The van der Waals surface area contributed by atoms with Gasteiger partial charge < -0.3 is 14.2 Å². The van der Waals surface area contributed by atoms with Crippen molar-refractivity contribution in [2.24, 2.45) is 7.05 Å². The Kier molecular flexibility index (Phi) is 6.88. The Labute approximate surface area is 179 Å². The average Bonchev–Trinajstić information content (AvgIpc) is 2.98. The first-order valence-corrected chi connectivity index (χ1v) is 11.9. The quantitative estimate of drug-likeness (QED) is 0.727. The number of rotatable bonds is 7. The van der Waals surface area contributed by atoms with Crippen LogP contribution in [0.15, 0.2) is 29.2 Å². The molecule has 30 heavy (non-hydrogen) atoms. The molecule has 0 bridgehead atoms. The summed E-state index contributed by atoms with van der Waals surface area (Å²) in [4.78, 5) is 15.1. The van der Waals surface area contributed by atoms with Crippen LogP contribution in [-0.4, -0.2) is 43.5 Å². The lowest BCUT2D eigenvalue weighted by Crippen LogP contribution is -2.37. The molecule has 2 heterocycles. The SMILES string of the molecule is CCOc1ccccc1CNS(=O)(=O)c1c(C(=O)N2CCCCC2)c(C)n(C)c1C. The Bertz CT molecular complexity index is 1020. The van der Waals surface area contributed by atoms with Crippen LogP contribution in [0.1, 0.15) is 53.5 Å². The summed E-state index contributed by atoms with van der Waals surface area (Å²) in [6.07, 6.45) is 3.00. The van der Waals surface area contributed by atoms with Crippen LogP contribution in [0.5, 0.6) is 5.75 Å². The standard InChI is InChI=1S/C22H31N3O4S/c1-5-29-19-12-8-7-11-18(19)15-23-30(27,28)21-17(3)24(4)16(2)20(21)22(26)25-13-9-6-10-14-25/h7-8,11-12,23H,5-6,9-10,13-15H2,1-4H3. The topological polar surface area (TPSA) is 80.6 Å². The van der Waals surface area contributed by atoms with Gasteiger partial charge in [0.25, 0.3) is 5.91 Å². The van der Waals surface area contributed by atoms with Crippen molar-refractivity contribution in [3.05, 3.63) is 46.8 Å². The number of nitrogens with one attached hydrogen (secondary N) is 1. The number of likely N-dealkylation sites (tertiary alicyclic amines) is 1. The molecular formula is C22H31N3O4S. The van der Waals surface area contributed by atoms with E-state index in [1.165, 1.54) is 0 Å². The molecule has 1 saturated heterocycles. The van der Waals surface area contributed by atoms with E-state index < -0.39 is 10.0 Å². The van der Waals surface area contributed by atoms with Gasteiger partial charge >= 0.3 is 0 Å². The molecule has 164 valence electrons. The van der Waals surface area contributed by atoms with Crippen LogP contribution in [0.3, 0.4) is 0 Å². The number of amides is 1. The van der Waals surface area contributed by atoms with Crippen LogP contribution in [0.4, 0.5) is 0 Å². The molecule has 7 nitrogen and oxygen atoms in total. The Hall–Kier alpha value is -2.32.